The van der Waals surface area contributed by atoms with Gasteiger partial charge in [0.2, 0.25) is 0 Å². The van der Waals surface area contributed by atoms with Gasteiger partial charge < -0.3 is 10.3 Å². The van der Waals surface area contributed by atoms with E-state index in [2.05, 4.69) is 17.2 Å². The number of H-pyrrole nitrogens is 1. The number of hydrogen-bond acceptors (Lipinski definition) is 4. The van der Waals surface area contributed by atoms with Gasteiger partial charge in [0.25, 0.3) is 5.56 Å². The van der Waals surface area contributed by atoms with Gasteiger partial charge in [0.1, 0.15) is 10.7 Å². The quantitative estimate of drug-likeness (QED) is 0.687. The van der Waals surface area contributed by atoms with Crippen molar-refractivity contribution >= 4 is 33.2 Å². The van der Waals surface area contributed by atoms with Gasteiger partial charge in [-0.3, -0.25) is 4.79 Å². The van der Waals surface area contributed by atoms with Crippen LogP contribution < -0.4 is 10.9 Å². The van der Waals surface area contributed by atoms with E-state index in [9.17, 15) is 4.79 Å². The van der Waals surface area contributed by atoms with E-state index in [4.69, 9.17) is 16.6 Å². The first-order valence-corrected chi connectivity index (χ1v) is 10.2. The zero-order valence-electron chi connectivity index (χ0n) is 14.9. The molecule has 1 aliphatic carbocycles. The number of aromatic amines is 1. The Labute approximate surface area is 161 Å². The molecule has 0 saturated heterocycles. The Kier molecular flexibility index (Phi) is 4.86. The van der Waals surface area contributed by atoms with Gasteiger partial charge in [-0.15, -0.1) is 11.3 Å². The SMILES string of the molecule is C[C@@H]1CCc2c(sc3nc([C@@H](C)NCc4ccccc4Cl)[nH]c(=O)c23)C1. The Balaban J connectivity index is 1.61. The second-order valence-corrected chi connectivity index (χ2v) is 8.67. The van der Waals surface area contributed by atoms with Crippen molar-refractivity contribution in [2.75, 3.05) is 0 Å². The number of aryl methyl sites for hydroxylation is 1. The molecule has 26 heavy (non-hydrogen) atoms. The van der Waals surface area contributed by atoms with Crippen LogP contribution in [0.15, 0.2) is 29.1 Å². The molecular weight excluding hydrogens is 366 g/mol. The van der Waals surface area contributed by atoms with Gasteiger partial charge in [-0.2, -0.15) is 0 Å². The van der Waals surface area contributed by atoms with E-state index in [1.165, 1.54) is 10.4 Å². The molecule has 2 heterocycles. The number of rotatable bonds is 4. The number of fused-ring (bicyclic) bond motifs is 3. The number of nitrogens with one attached hydrogen (secondary N) is 2. The van der Waals surface area contributed by atoms with Crippen LogP contribution in [0.2, 0.25) is 5.02 Å². The molecule has 1 aliphatic rings. The highest BCUT2D eigenvalue weighted by atomic mass is 35.5. The fourth-order valence-electron chi connectivity index (χ4n) is 3.57. The lowest BCUT2D eigenvalue weighted by molar-refractivity contribution is 0.509. The summed E-state index contributed by atoms with van der Waals surface area (Å²) in [7, 11) is 0. The number of benzene rings is 1. The van der Waals surface area contributed by atoms with E-state index in [1.807, 2.05) is 31.2 Å². The lowest BCUT2D eigenvalue weighted by Crippen LogP contribution is -2.23. The Morgan fingerprint density at radius 3 is 3.04 bits per heavy atom. The Morgan fingerprint density at radius 1 is 1.42 bits per heavy atom. The predicted molar refractivity (Wildman–Crippen MR) is 108 cm³/mol. The lowest BCUT2D eigenvalue weighted by atomic mass is 9.89. The van der Waals surface area contributed by atoms with Crippen molar-refractivity contribution in [3.63, 3.8) is 0 Å². The van der Waals surface area contributed by atoms with E-state index in [0.717, 1.165) is 40.1 Å². The van der Waals surface area contributed by atoms with Gasteiger partial charge in [-0.25, -0.2) is 4.98 Å². The van der Waals surface area contributed by atoms with Crippen LogP contribution in [0.1, 0.15) is 48.1 Å². The third-order valence-corrected chi connectivity index (χ3v) is 6.67. The van der Waals surface area contributed by atoms with Crippen LogP contribution >= 0.6 is 22.9 Å². The molecule has 0 spiro atoms. The summed E-state index contributed by atoms with van der Waals surface area (Å²) in [4.78, 5) is 22.7. The van der Waals surface area contributed by atoms with Crippen molar-refractivity contribution in [1.82, 2.24) is 15.3 Å². The number of halogens is 1. The Bertz CT molecular complexity index is 1010. The van der Waals surface area contributed by atoms with E-state index >= 15 is 0 Å². The normalized spacial score (nSPS) is 18.0. The van der Waals surface area contributed by atoms with Crippen molar-refractivity contribution in [1.29, 1.82) is 0 Å². The van der Waals surface area contributed by atoms with Crippen molar-refractivity contribution < 1.29 is 0 Å². The number of nitrogens with zero attached hydrogens (tertiary/aromatic N) is 1. The van der Waals surface area contributed by atoms with E-state index in [1.54, 1.807) is 11.3 Å². The summed E-state index contributed by atoms with van der Waals surface area (Å²) in [5, 5.41) is 4.95. The van der Waals surface area contributed by atoms with Crippen LogP contribution in [0.4, 0.5) is 0 Å². The maximum Gasteiger partial charge on any atom is 0.259 e. The van der Waals surface area contributed by atoms with Crippen LogP contribution in [0, 0.1) is 5.92 Å². The summed E-state index contributed by atoms with van der Waals surface area (Å²) in [6, 6.07) is 7.70. The zero-order valence-corrected chi connectivity index (χ0v) is 16.5. The molecule has 3 aromatic rings. The third-order valence-electron chi connectivity index (χ3n) is 5.15. The molecule has 0 amide bonds. The van der Waals surface area contributed by atoms with Crippen molar-refractivity contribution in [3.05, 3.63) is 61.5 Å². The fraction of sp³-hybridized carbons (Fsp3) is 0.400. The maximum absolute atomic E-state index is 12.7. The van der Waals surface area contributed by atoms with Crippen LogP contribution in [0.5, 0.6) is 0 Å². The fourth-order valence-corrected chi connectivity index (χ4v) is 5.17. The first-order valence-electron chi connectivity index (χ1n) is 9.04. The first kappa shape index (κ1) is 17.7. The molecule has 2 aromatic heterocycles. The van der Waals surface area contributed by atoms with E-state index in [0.29, 0.717) is 18.3 Å². The van der Waals surface area contributed by atoms with Crippen LogP contribution in [-0.4, -0.2) is 9.97 Å². The molecule has 2 N–H and O–H groups in total. The molecule has 6 heteroatoms. The summed E-state index contributed by atoms with van der Waals surface area (Å²) in [6.07, 6.45) is 3.20. The highest BCUT2D eigenvalue weighted by Crippen LogP contribution is 2.35. The van der Waals surface area contributed by atoms with Crippen LogP contribution in [-0.2, 0) is 19.4 Å². The average molecular weight is 388 g/mol. The number of hydrogen-bond donors (Lipinski definition) is 2. The largest absolute Gasteiger partial charge is 0.309 e. The molecule has 4 nitrogen and oxygen atoms in total. The molecule has 136 valence electrons. The van der Waals surface area contributed by atoms with Gasteiger partial charge in [0, 0.05) is 16.4 Å². The summed E-state index contributed by atoms with van der Waals surface area (Å²) >= 11 is 7.90. The van der Waals surface area contributed by atoms with Gasteiger partial charge >= 0.3 is 0 Å². The summed E-state index contributed by atoms with van der Waals surface area (Å²) in [5.41, 5.74) is 2.24. The average Bonchev–Trinajstić information content (AvgIpc) is 2.98. The zero-order chi connectivity index (χ0) is 18.3. The summed E-state index contributed by atoms with van der Waals surface area (Å²) in [5.74, 6) is 1.37. The maximum atomic E-state index is 12.7. The molecule has 0 fully saturated rings. The standard InChI is InChI=1S/C20H22ClN3OS/c1-11-7-8-14-16(9-11)26-20-17(14)19(25)23-18(24-20)12(2)22-10-13-5-3-4-6-15(13)21/h3-6,11-12,22H,7-10H2,1-2H3,(H,23,24,25)/t11-,12-/m1/s1. The van der Waals surface area contributed by atoms with Crippen LogP contribution in [0.3, 0.4) is 0 Å². The van der Waals surface area contributed by atoms with Crippen LogP contribution in [0.25, 0.3) is 10.2 Å². The first-order chi connectivity index (χ1) is 12.5. The summed E-state index contributed by atoms with van der Waals surface area (Å²) < 4.78 is 0. The molecule has 0 radical (unpaired) electrons. The minimum atomic E-state index is -0.0681. The third kappa shape index (κ3) is 3.31. The Morgan fingerprint density at radius 2 is 2.23 bits per heavy atom. The van der Waals surface area contributed by atoms with Gasteiger partial charge in [0.15, 0.2) is 0 Å². The molecule has 0 saturated carbocycles. The van der Waals surface area contributed by atoms with E-state index in [-0.39, 0.29) is 11.6 Å². The second-order valence-electron chi connectivity index (χ2n) is 7.18. The van der Waals surface area contributed by atoms with Crippen molar-refractivity contribution in [2.45, 2.75) is 45.7 Å². The smallest absolute Gasteiger partial charge is 0.259 e. The lowest BCUT2D eigenvalue weighted by Gasteiger charge is -2.17. The Hall–Kier alpha value is -1.69. The molecule has 1 aromatic carbocycles. The molecule has 0 unspecified atom stereocenters. The predicted octanol–water partition coefficient (Wildman–Crippen LogP) is 4.61. The van der Waals surface area contributed by atoms with Crippen molar-refractivity contribution in [2.24, 2.45) is 5.92 Å². The topological polar surface area (TPSA) is 57.8 Å². The van der Waals surface area contributed by atoms with E-state index < -0.39 is 0 Å². The number of thiophene rings is 1. The molecule has 0 aliphatic heterocycles. The number of aromatic nitrogens is 2. The minimum Gasteiger partial charge on any atom is -0.309 e. The molecular formula is C20H22ClN3OS. The molecule has 0 bridgehead atoms. The minimum absolute atomic E-state index is 0.0107. The molecule has 4 rings (SSSR count). The summed E-state index contributed by atoms with van der Waals surface area (Å²) in [6.45, 7) is 4.91. The second kappa shape index (κ2) is 7.14. The molecule has 2 atom stereocenters. The highest BCUT2D eigenvalue weighted by molar-refractivity contribution is 7.18. The monoisotopic (exact) mass is 387 g/mol. The van der Waals surface area contributed by atoms with Crippen molar-refractivity contribution in [3.8, 4) is 0 Å². The van der Waals surface area contributed by atoms with Gasteiger partial charge in [-0.05, 0) is 49.3 Å². The van der Waals surface area contributed by atoms with Gasteiger partial charge in [-0.1, -0.05) is 36.7 Å². The highest BCUT2D eigenvalue weighted by Gasteiger charge is 2.23. The van der Waals surface area contributed by atoms with Gasteiger partial charge in [0.05, 0.1) is 11.4 Å².